The van der Waals surface area contributed by atoms with Crippen LogP contribution in [0.4, 0.5) is 5.69 Å². The molecule has 0 unspecified atom stereocenters. The lowest BCUT2D eigenvalue weighted by molar-refractivity contribution is 0.0735. The Bertz CT molecular complexity index is 483. The molecule has 1 heterocycles. The zero-order valence-corrected chi connectivity index (χ0v) is 10.5. The zero-order chi connectivity index (χ0) is 13.1. The van der Waals surface area contributed by atoms with E-state index in [0.29, 0.717) is 30.9 Å². The standard InChI is InChI=1S/C12H17N5O/c1-2-17-11(10(14)8-15-17)12(18)16(7-3-6-13)9-4-5-9/h8-9H,2-5,7,14H2,1H3. The summed E-state index contributed by atoms with van der Waals surface area (Å²) in [5.74, 6) is -0.107. The summed E-state index contributed by atoms with van der Waals surface area (Å²) in [4.78, 5) is 14.2. The average molecular weight is 247 g/mol. The third-order valence-corrected chi connectivity index (χ3v) is 3.08. The van der Waals surface area contributed by atoms with Gasteiger partial charge in [0.05, 0.1) is 24.4 Å². The van der Waals surface area contributed by atoms with Crippen molar-refractivity contribution in [3.05, 3.63) is 11.9 Å². The summed E-state index contributed by atoms with van der Waals surface area (Å²) in [6.07, 6.45) is 3.88. The van der Waals surface area contributed by atoms with Crippen molar-refractivity contribution >= 4 is 11.6 Å². The van der Waals surface area contributed by atoms with E-state index in [1.165, 1.54) is 6.20 Å². The van der Waals surface area contributed by atoms with Gasteiger partial charge in [-0.2, -0.15) is 10.4 Å². The van der Waals surface area contributed by atoms with Crippen molar-refractivity contribution in [3.63, 3.8) is 0 Å². The van der Waals surface area contributed by atoms with Gasteiger partial charge in [0, 0.05) is 19.1 Å². The van der Waals surface area contributed by atoms with Crippen LogP contribution in [0.5, 0.6) is 0 Å². The molecule has 0 spiro atoms. The number of amides is 1. The molecule has 1 aliphatic carbocycles. The Morgan fingerprint density at radius 2 is 2.44 bits per heavy atom. The van der Waals surface area contributed by atoms with Gasteiger partial charge in [-0.15, -0.1) is 0 Å². The number of anilines is 1. The molecule has 0 atom stereocenters. The first-order chi connectivity index (χ1) is 8.69. The van der Waals surface area contributed by atoms with Crippen molar-refractivity contribution < 1.29 is 4.79 Å². The summed E-state index contributed by atoms with van der Waals surface area (Å²) in [6.45, 7) is 2.99. The van der Waals surface area contributed by atoms with E-state index in [2.05, 4.69) is 11.2 Å². The molecular weight excluding hydrogens is 230 g/mol. The molecule has 2 N–H and O–H groups in total. The number of nitrogen functional groups attached to an aromatic ring is 1. The molecule has 1 aromatic heterocycles. The Balaban J connectivity index is 2.22. The van der Waals surface area contributed by atoms with Crippen molar-refractivity contribution in [2.24, 2.45) is 0 Å². The number of hydrogen-bond donors (Lipinski definition) is 1. The zero-order valence-electron chi connectivity index (χ0n) is 10.5. The van der Waals surface area contributed by atoms with E-state index in [9.17, 15) is 4.79 Å². The quantitative estimate of drug-likeness (QED) is 0.840. The average Bonchev–Trinajstić information content (AvgIpc) is 3.12. The molecule has 2 rings (SSSR count). The van der Waals surface area contributed by atoms with Crippen molar-refractivity contribution in [2.45, 2.75) is 38.8 Å². The van der Waals surface area contributed by atoms with Crippen LogP contribution >= 0.6 is 0 Å². The minimum atomic E-state index is -0.107. The van der Waals surface area contributed by atoms with Gasteiger partial charge in [0.25, 0.3) is 5.91 Å². The fourth-order valence-electron chi connectivity index (χ4n) is 2.02. The van der Waals surface area contributed by atoms with Gasteiger partial charge in [-0.3, -0.25) is 9.48 Å². The summed E-state index contributed by atoms with van der Waals surface area (Å²) in [5, 5.41) is 12.7. The molecule has 0 bridgehead atoms. The Morgan fingerprint density at radius 1 is 1.72 bits per heavy atom. The second-order valence-electron chi connectivity index (χ2n) is 4.40. The summed E-state index contributed by atoms with van der Waals surface area (Å²) in [7, 11) is 0. The third kappa shape index (κ3) is 2.30. The van der Waals surface area contributed by atoms with E-state index >= 15 is 0 Å². The summed E-state index contributed by atoms with van der Waals surface area (Å²) in [6, 6.07) is 2.35. The van der Waals surface area contributed by atoms with Crippen LogP contribution in [0.3, 0.4) is 0 Å². The lowest BCUT2D eigenvalue weighted by Crippen LogP contribution is -2.35. The van der Waals surface area contributed by atoms with Crippen LogP contribution in [0.1, 0.15) is 36.7 Å². The smallest absolute Gasteiger partial charge is 0.274 e. The number of aromatic nitrogens is 2. The number of nitriles is 1. The molecule has 1 aliphatic rings. The van der Waals surface area contributed by atoms with Gasteiger partial charge in [0.1, 0.15) is 5.69 Å². The van der Waals surface area contributed by atoms with E-state index in [1.807, 2.05) is 6.92 Å². The molecule has 1 fully saturated rings. The Hall–Kier alpha value is -2.03. The van der Waals surface area contributed by atoms with Gasteiger partial charge in [-0.25, -0.2) is 0 Å². The fraction of sp³-hybridized carbons (Fsp3) is 0.583. The van der Waals surface area contributed by atoms with E-state index in [-0.39, 0.29) is 11.9 Å². The molecule has 0 aliphatic heterocycles. The van der Waals surface area contributed by atoms with E-state index in [1.54, 1.807) is 9.58 Å². The second kappa shape index (κ2) is 5.08. The number of carbonyl (C=O) groups is 1. The normalized spacial score (nSPS) is 14.2. The predicted octanol–water partition coefficient (Wildman–Crippen LogP) is 1.00. The predicted molar refractivity (Wildman–Crippen MR) is 66.6 cm³/mol. The summed E-state index contributed by atoms with van der Waals surface area (Å²) < 4.78 is 1.61. The number of carbonyl (C=O) groups excluding carboxylic acids is 1. The highest BCUT2D eigenvalue weighted by Gasteiger charge is 2.34. The van der Waals surface area contributed by atoms with Crippen molar-refractivity contribution in [1.29, 1.82) is 5.26 Å². The summed E-state index contributed by atoms with van der Waals surface area (Å²) in [5.41, 5.74) is 6.66. The summed E-state index contributed by atoms with van der Waals surface area (Å²) >= 11 is 0. The Kier molecular flexibility index (Phi) is 3.51. The molecule has 6 heteroatoms. The van der Waals surface area contributed by atoms with Crippen molar-refractivity contribution in [3.8, 4) is 6.07 Å². The first kappa shape index (κ1) is 12.4. The van der Waals surface area contributed by atoms with Gasteiger partial charge >= 0.3 is 0 Å². The molecule has 0 saturated heterocycles. The van der Waals surface area contributed by atoms with Gasteiger partial charge in [-0.05, 0) is 19.8 Å². The Labute approximate surface area is 106 Å². The second-order valence-corrected chi connectivity index (χ2v) is 4.40. The van der Waals surface area contributed by atoms with Gasteiger partial charge in [0.2, 0.25) is 0 Å². The molecule has 1 aromatic rings. The fourth-order valence-corrected chi connectivity index (χ4v) is 2.02. The number of nitrogens with two attached hydrogens (primary N) is 1. The van der Waals surface area contributed by atoms with Crippen molar-refractivity contribution in [1.82, 2.24) is 14.7 Å². The van der Waals surface area contributed by atoms with Crippen LogP contribution in [-0.2, 0) is 6.54 Å². The molecule has 1 saturated carbocycles. The van der Waals surface area contributed by atoms with Crippen LogP contribution in [0, 0.1) is 11.3 Å². The molecule has 96 valence electrons. The molecule has 0 radical (unpaired) electrons. The molecular formula is C12H17N5O. The maximum Gasteiger partial charge on any atom is 0.274 e. The number of hydrogen-bond acceptors (Lipinski definition) is 4. The first-order valence-electron chi connectivity index (χ1n) is 6.18. The van der Waals surface area contributed by atoms with Crippen LogP contribution in [0.25, 0.3) is 0 Å². The SMILES string of the molecule is CCn1ncc(N)c1C(=O)N(CCC#N)C1CC1. The van der Waals surface area contributed by atoms with Crippen LogP contribution in [0.2, 0.25) is 0 Å². The molecule has 6 nitrogen and oxygen atoms in total. The highest BCUT2D eigenvalue weighted by atomic mass is 16.2. The van der Waals surface area contributed by atoms with E-state index in [4.69, 9.17) is 11.0 Å². The van der Waals surface area contributed by atoms with E-state index < -0.39 is 0 Å². The molecule has 18 heavy (non-hydrogen) atoms. The molecule has 0 aromatic carbocycles. The van der Waals surface area contributed by atoms with Crippen molar-refractivity contribution in [2.75, 3.05) is 12.3 Å². The van der Waals surface area contributed by atoms with Crippen LogP contribution in [0.15, 0.2) is 6.20 Å². The first-order valence-corrected chi connectivity index (χ1v) is 6.18. The highest BCUT2D eigenvalue weighted by Crippen LogP contribution is 2.29. The van der Waals surface area contributed by atoms with Crippen LogP contribution < -0.4 is 5.73 Å². The lowest BCUT2D eigenvalue weighted by Gasteiger charge is -2.21. The minimum absolute atomic E-state index is 0.107. The maximum absolute atomic E-state index is 12.5. The topological polar surface area (TPSA) is 87.9 Å². The maximum atomic E-state index is 12.5. The monoisotopic (exact) mass is 247 g/mol. The van der Waals surface area contributed by atoms with Crippen LogP contribution in [-0.4, -0.2) is 33.2 Å². The van der Waals surface area contributed by atoms with Gasteiger partial charge in [0.15, 0.2) is 0 Å². The molecule has 1 amide bonds. The van der Waals surface area contributed by atoms with E-state index in [0.717, 1.165) is 12.8 Å². The number of nitrogens with zero attached hydrogens (tertiary/aromatic N) is 4. The number of rotatable bonds is 5. The largest absolute Gasteiger partial charge is 0.396 e. The third-order valence-electron chi connectivity index (χ3n) is 3.08. The number of aryl methyl sites for hydroxylation is 1. The Morgan fingerprint density at radius 3 is 3.00 bits per heavy atom. The lowest BCUT2D eigenvalue weighted by atomic mass is 10.3. The highest BCUT2D eigenvalue weighted by molar-refractivity contribution is 5.97. The minimum Gasteiger partial charge on any atom is -0.396 e. The van der Waals surface area contributed by atoms with Gasteiger partial charge < -0.3 is 10.6 Å². The van der Waals surface area contributed by atoms with Gasteiger partial charge in [-0.1, -0.05) is 0 Å².